The van der Waals surface area contributed by atoms with Crippen LogP contribution in [0.5, 0.6) is 0 Å². The number of hydrogen-bond donors (Lipinski definition) is 1. The third kappa shape index (κ3) is 3.68. The zero-order valence-corrected chi connectivity index (χ0v) is 19.1. The first kappa shape index (κ1) is 23.6. The van der Waals surface area contributed by atoms with Gasteiger partial charge in [-0.3, -0.25) is 15.0 Å². The largest absolute Gasteiger partial charge is 0.386 e. The number of nitrogens with zero attached hydrogens (tertiary/aromatic N) is 4. The lowest BCUT2D eigenvalue weighted by atomic mass is 9.90. The summed E-state index contributed by atoms with van der Waals surface area (Å²) in [6.45, 7) is 8.55. The van der Waals surface area contributed by atoms with E-state index in [-0.39, 0.29) is 34.4 Å². The lowest BCUT2D eigenvalue weighted by molar-refractivity contribution is 0.323. The second-order valence-corrected chi connectivity index (χ2v) is 11.2. The molecule has 0 fully saturated rings. The van der Waals surface area contributed by atoms with Gasteiger partial charge in [-0.05, 0) is 37.6 Å². The Labute approximate surface area is 194 Å². The molecule has 2 N–H and O–H groups in total. The predicted molar refractivity (Wildman–Crippen MR) is 122 cm³/mol. The van der Waals surface area contributed by atoms with Crippen molar-refractivity contribution >= 4 is 32.3 Å². The highest BCUT2D eigenvalue weighted by molar-refractivity contribution is 7.93. The molecule has 0 spiro atoms. The van der Waals surface area contributed by atoms with Crippen molar-refractivity contribution in [2.75, 3.05) is 12.4 Å². The molecule has 3 heterocycles. The summed E-state index contributed by atoms with van der Waals surface area (Å²) < 4.78 is 67.7. The Balaban J connectivity index is 1.82. The number of alkyl halides is 1. The van der Waals surface area contributed by atoms with Crippen LogP contribution in [0.2, 0.25) is 0 Å². The summed E-state index contributed by atoms with van der Waals surface area (Å²) in [6, 6.07) is 5.21. The van der Waals surface area contributed by atoms with Gasteiger partial charge in [0.1, 0.15) is 34.4 Å². The van der Waals surface area contributed by atoms with E-state index < -0.39 is 44.2 Å². The number of halogens is 3. The van der Waals surface area contributed by atoms with Crippen LogP contribution in [-0.4, -0.2) is 41.4 Å². The van der Waals surface area contributed by atoms with Crippen LogP contribution in [-0.2, 0) is 21.8 Å². The van der Waals surface area contributed by atoms with E-state index in [4.69, 9.17) is 12.3 Å². The molecule has 0 saturated heterocycles. The van der Waals surface area contributed by atoms with Gasteiger partial charge in [-0.15, -0.1) is 0 Å². The Hall–Kier alpha value is -3.52. The Morgan fingerprint density at radius 3 is 2.53 bits per heavy atom. The van der Waals surface area contributed by atoms with Crippen LogP contribution in [0.3, 0.4) is 0 Å². The zero-order chi connectivity index (χ0) is 24.9. The average molecular weight is 488 g/mol. The maximum absolute atomic E-state index is 14.9. The summed E-state index contributed by atoms with van der Waals surface area (Å²) in [6.07, 6.45) is 2.36. The predicted octanol–water partition coefficient (Wildman–Crippen LogP) is 3.78. The molecule has 176 valence electrons. The molecule has 1 aromatic carbocycles. The topological polar surface area (TPSA) is 103 Å². The van der Waals surface area contributed by atoms with E-state index in [9.17, 15) is 21.6 Å². The number of amidine groups is 1. The van der Waals surface area contributed by atoms with Crippen molar-refractivity contribution in [1.82, 2.24) is 9.97 Å². The first-order valence-electron chi connectivity index (χ1n) is 10.2. The Bertz CT molecular complexity index is 1500. The maximum Gasteiger partial charge on any atom is 0.205 e. The van der Waals surface area contributed by atoms with Crippen LogP contribution in [0.4, 0.5) is 18.9 Å². The minimum absolute atomic E-state index is 0.0637. The minimum atomic E-state index is -3.96. The van der Waals surface area contributed by atoms with E-state index in [1.807, 2.05) is 0 Å². The van der Waals surface area contributed by atoms with Crippen molar-refractivity contribution in [3.63, 3.8) is 0 Å². The molecule has 3 aromatic rings. The van der Waals surface area contributed by atoms with Gasteiger partial charge >= 0.3 is 0 Å². The lowest BCUT2D eigenvalue weighted by Gasteiger charge is -2.38. The van der Waals surface area contributed by atoms with Gasteiger partial charge in [0.15, 0.2) is 9.84 Å². The summed E-state index contributed by atoms with van der Waals surface area (Å²) >= 11 is 0. The molecular formula is C23H20F3N5O2S. The molecule has 1 aliphatic rings. The molecule has 0 aliphatic carbocycles. The van der Waals surface area contributed by atoms with Crippen molar-refractivity contribution in [3.8, 4) is 0 Å². The lowest BCUT2D eigenvalue weighted by Crippen LogP contribution is -2.56. The van der Waals surface area contributed by atoms with Gasteiger partial charge in [-0.2, -0.15) is 0 Å². The van der Waals surface area contributed by atoms with Crippen LogP contribution in [0, 0.1) is 18.2 Å². The van der Waals surface area contributed by atoms with Gasteiger partial charge in [0, 0.05) is 23.6 Å². The number of fused-ring (bicyclic) bond motifs is 1. The minimum Gasteiger partial charge on any atom is -0.386 e. The number of aromatic nitrogens is 2. The number of benzene rings is 1. The first-order valence-corrected chi connectivity index (χ1v) is 11.8. The van der Waals surface area contributed by atoms with Crippen LogP contribution in [0.15, 0.2) is 41.7 Å². The van der Waals surface area contributed by atoms with Crippen molar-refractivity contribution in [2.24, 2.45) is 10.7 Å². The molecule has 34 heavy (non-hydrogen) atoms. The van der Waals surface area contributed by atoms with Gasteiger partial charge < -0.3 is 5.73 Å². The molecule has 0 saturated carbocycles. The Morgan fingerprint density at radius 1 is 1.15 bits per heavy atom. The number of sulfone groups is 1. The second-order valence-electron chi connectivity index (χ2n) is 8.68. The highest BCUT2D eigenvalue weighted by atomic mass is 32.2. The fraction of sp³-hybridized carbons (Fsp3) is 0.304. The van der Waals surface area contributed by atoms with Gasteiger partial charge in [0.05, 0.1) is 29.7 Å². The number of rotatable bonds is 4. The molecule has 1 atom stereocenters. The van der Waals surface area contributed by atoms with E-state index in [2.05, 4.69) is 19.8 Å². The monoisotopic (exact) mass is 487 g/mol. The van der Waals surface area contributed by atoms with Crippen molar-refractivity contribution in [1.29, 1.82) is 0 Å². The molecule has 0 radical (unpaired) electrons. The smallest absolute Gasteiger partial charge is 0.205 e. The third-order valence-electron chi connectivity index (χ3n) is 6.15. The van der Waals surface area contributed by atoms with E-state index in [1.165, 1.54) is 38.2 Å². The van der Waals surface area contributed by atoms with Crippen molar-refractivity contribution in [2.45, 2.75) is 30.6 Å². The summed E-state index contributed by atoms with van der Waals surface area (Å²) in [7, 11) is -3.96. The highest BCUT2D eigenvalue weighted by Gasteiger charge is 2.51. The fourth-order valence-electron chi connectivity index (χ4n) is 3.88. The molecule has 1 aliphatic heterocycles. The van der Waals surface area contributed by atoms with Crippen LogP contribution >= 0.6 is 0 Å². The standard InChI is InChI=1S/C23H20F3N5O2S/c1-22(2)21(27)31-23(11-24,12-34(22,32)33)16-6-13(4-5-17(16)25)7-19-20-15(18(26)10-29-19)8-14(28-3)9-30-20/h4-6,8-10H,7,11-12H2,1-2H3,(H2,27,31)/t23-/m0/s1. The molecule has 0 amide bonds. The van der Waals surface area contributed by atoms with Crippen molar-refractivity contribution < 1.29 is 21.6 Å². The van der Waals surface area contributed by atoms with Crippen LogP contribution in [0.25, 0.3) is 15.7 Å². The molecule has 0 unspecified atom stereocenters. The SMILES string of the molecule is [C-]#[N+]c1cnc2c(Cc3ccc(F)c([C@]4(CF)CS(=O)(=O)C(C)(C)C(N)=N4)c3)ncc(F)c2c1. The molecule has 7 nitrogen and oxygen atoms in total. The number of hydrogen-bond acceptors (Lipinski definition) is 6. The normalized spacial score (nSPS) is 21.1. The maximum atomic E-state index is 14.9. The summed E-state index contributed by atoms with van der Waals surface area (Å²) in [4.78, 5) is 15.6. The van der Waals surface area contributed by atoms with Gasteiger partial charge in [0.2, 0.25) is 5.69 Å². The third-order valence-corrected chi connectivity index (χ3v) is 8.77. The average Bonchev–Trinajstić information content (AvgIpc) is 2.80. The van der Waals surface area contributed by atoms with Crippen molar-refractivity contribution in [3.05, 3.63) is 76.5 Å². The van der Waals surface area contributed by atoms with Crippen LogP contribution < -0.4 is 5.73 Å². The number of aliphatic imine (C=N–C) groups is 1. The molecule has 2 aromatic heterocycles. The van der Waals surface area contributed by atoms with Crippen LogP contribution in [0.1, 0.15) is 30.7 Å². The first-order chi connectivity index (χ1) is 15.9. The fourth-order valence-corrected chi connectivity index (χ4v) is 5.53. The number of pyridine rings is 2. The summed E-state index contributed by atoms with van der Waals surface area (Å²) in [5, 5.41) is 0.110. The zero-order valence-electron chi connectivity index (χ0n) is 18.3. The quantitative estimate of drug-likeness (QED) is 0.565. The van der Waals surface area contributed by atoms with E-state index in [1.54, 1.807) is 0 Å². The second kappa shape index (κ2) is 8.06. The van der Waals surface area contributed by atoms with Gasteiger partial charge in [-0.1, -0.05) is 6.07 Å². The Kier molecular flexibility index (Phi) is 5.60. The van der Waals surface area contributed by atoms with Gasteiger partial charge in [0.25, 0.3) is 0 Å². The highest BCUT2D eigenvalue weighted by Crippen LogP contribution is 2.39. The molecule has 0 bridgehead atoms. The van der Waals surface area contributed by atoms with E-state index >= 15 is 0 Å². The molecule has 11 heteroatoms. The Morgan fingerprint density at radius 2 is 1.88 bits per heavy atom. The van der Waals surface area contributed by atoms with Gasteiger partial charge in [-0.25, -0.2) is 26.4 Å². The summed E-state index contributed by atoms with van der Waals surface area (Å²) in [5.41, 5.74) is 4.81. The summed E-state index contributed by atoms with van der Waals surface area (Å²) in [5.74, 6) is -2.52. The molecular weight excluding hydrogens is 467 g/mol. The van der Waals surface area contributed by atoms with E-state index in [0.717, 1.165) is 12.3 Å². The number of nitrogens with two attached hydrogens (primary N) is 1. The van der Waals surface area contributed by atoms with E-state index in [0.29, 0.717) is 11.3 Å². The molecule has 4 rings (SSSR count).